The summed E-state index contributed by atoms with van der Waals surface area (Å²) in [5, 5.41) is 3.15. The van der Waals surface area contributed by atoms with Crippen molar-refractivity contribution in [3.8, 4) is 0 Å². The summed E-state index contributed by atoms with van der Waals surface area (Å²) >= 11 is 0. The lowest BCUT2D eigenvalue weighted by Crippen LogP contribution is -2.34. The van der Waals surface area contributed by atoms with Gasteiger partial charge < -0.3 is 5.32 Å². The monoisotopic (exact) mass is 279 g/mol. The zero-order valence-electron chi connectivity index (χ0n) is 11.6. The Morgan fingerprint density at radius 2 is 1.95 bits per heavy atom. The van der Waals surface area contributed by atoms with Crippen molar-refractivity contribution in [3.63, 3.8) is 0 Å². The van der Waals surface area contributed by atoms with E-state index in [1.54, 1.807) is 0 Å². The van der Waals surface area contributed by atoms with Crippen LogP contribution in [0.2, 0.25) is 0 Å². The van der Waals surface area contributed by atoms with Crippen LogP contribution in [0, 0.1) is 0 Å². The molecule has 0 saturated carbocycles. The van der Waals surface area contributed by atoms with Gasteiger partial charge in [-0.1, -0.05) is 13.0 Å². The summed E-state index contributed by atoms with van der Waals surface area (Å²) in [6.45, 7) is 4.77. The average Bonchev–Trinajstić information content (AvgIpc) is 2.82. The number of benzene rings is 1. The third-order valence-corrected chi connectivity index (χ3v) is 6.67. The van der Waals surface area contributed by atoms with Gasteiger partial charge in [0, 0.05) is 6.04 Å². The van der Waals surface area contributed by atoms with Crippen LogP contribution in [0.3, 0.4) is 0 Å². The van der Waals surface area contributed by atoms with Gasteiger partial charge in [-0.05, 0) is 61.9 Å². The Morgan fingerprint density at radius 3 is 2.63 bits per heavy atom. The first-order valence-corrected chi connectivity index (χ1v) is 8.71. The summed E-state index contributed by atoms with van der Waals surface area (Å²) in [6.07, 6.45) is 3.96. The summed E-state index contributed by atoms with van der Waals surface area (Å²) < 4.78 is 25.1. The Balaban J connectivity index is 2.18. The molecule has 2 unspecified atom stereocenters. The molecule has 0 saturated heterocycles. The summed E-state index contributed by atoms with van der Waals surface area (Å²) in [7, 11) is -3.13. The lowest BCUT2D eigenvalue weighted by molar-refractivity contribution is 0.473. The van der Waals surface area contributed by atoms with E-state index in [0.29, 0.717) is 11.3 Å². The van der Waals surface area contributed by atoms with Crippen LogP contribution in [-0.2, 0) is 22.7 Å². The SMILES string of the molecule is CCNC1CC(C)S(=O)(=O)c2cc3c(cc21)CCC3. The Morgan fingerprint density at radius 1 is 1.26 bits per heavy atom. The van der Waals surface area contributed by atoms with Gasteiger partial charge in [0.1, 0.15) is 0 Å². The zero-order chi connectivity index (χ0) is 13.6. The second-order valence-electron chi connectivity index (χ2n) is 5.71. The van der Waals surface area contributed by atoms with E-state index in [1.165, 1.54) is 11.1 Å². The van der Waals surface area contributed by atoms with Gasteiger partial charge in [-0.15, -0.1) is 0 Å². The molecule has 1 aliphatic heterocycles. The number of sulfone groups is 1. The second-order valence-corrected chi connectivity index (χ2v) is 8.05. The van der Waals surface area contributed by atoms with E-state index in [2.05, 4.69) is 18.3 Å². The highest BCUT2D eigenvalue weighted by atomic mass is 32.2. The smallest absolute Gasteiger partial charge is 0.181 e. The van der Waals surface area contributed by atoms with Crippen molar-refractivity contribution < 1.29 is 8.42 Å². The topological polar surface area (TPSA) is 46.2 Å². The maximum atomic E-state index is 12.5. The molecule has 104 valence electrons. The summed E-state index contributed by atoms with van der Waals surface area (Å²) in [6, 6.07) is 4.28. The molecule has 0 amide bonds. The Kier molecular flexibility index (Phi) is 3.18. The van der Waals surface area contributed by atoms with E-state index < -0.39 is 9.84 Å². The summed E-state index contributed by atoms with van der Waals surface area (Å²) in [4.78, 5) is 0.581. The van der Waals surface area contributed by atoms with Crippen LogP contribution in [0.1, 0.15) is 49.4 Å². The molecule has 1 heterocycles. The molecule has 1 N–H and O–H groups in total. The van der Waals surface area contributed by atoms with E-state index in [-0.39, 0.29) is 11.3 Å². The molecule has 19 heavy (non-hydrogen) atoms. The van der Waals surface area contributed by atoms with E-state index >= 15 is 0 Å². The Bertz CT molecular complexity index is 607. The van der Waals surface area contributed by atoms with Gasteiger partial charge in [-0.25, -0.2) is 8.42 Å². The zero-order valence-corrected chi connectivity index (χ0v) is 12.4. The number of hydrogen-bond acceptors (Lipinski definition) is 3. The van der Waals surface area contributed by atoms with Crippen LogP contribution in [0.15, 0.2) is 17.0 Å². The minimum Gasteiger partial charge on any atom is -0.310 e. The van der Waals surface area contributed by atoms with Crippen molar-refractivity contribution in [1.82, 2.24) is 5.32 Å². The molecule has 0 fully saturated rings. The molecule has 3 rings (SSSR count). The number of hydrogen-bond donors (Lipinski definition) is 1. The molecule has 1 aromatic carbocycles. The lowest BCUT2D eigenvalue weighted by atomic mass is 9.97. The number of rotatable bonds is 2. The van der Waals surface area contributed by atoms with Gasteiger partial charge in [0.2, 0.25) is 0 Å². The Labute approximate surface area is 115 Å². The molecule has 0 bridgehead atoms. The fourth-order valence-corrected chi connectivity index (χ4v) is 5.10. The van der Waals surface area contributed by atoms with Crippen molar-refractivity contribution in [2.45, 2.75) is 55.7 Å². The molecule has 2 atom stereocenters. The molecule has 0 spiro atoms. The van der Waals surface area contributed by atoms with Crippen molar-refractivity contribution in [1.29, 1.82) is 0 Å². The molecule has 2 aliphatic rings. The third-order valence-electron chi connectivity index (χ3n) is 4.45. The van der Waals surface area contributed by atoms with E-state index in [4.69, 9.17) is 0 Å². The number of aryl methyl sites for hydroxylation is 2. The normalized spacial score (nSPS) is 27.9. The molecule has 0 aromatic heterocycles. The average molecular weight is 279 g/mol. The standard InChI is InChI=1S/C15H21NO2S/c1-3-16-14-7-10(2)19(17,18)15-9-12-6-4-5-11(12)8-13(14)15/h8-10,14,16H,3-7H2,1-2H3. The van der Waals surface area contributed by atoms with E-state index in [1.807, 2.05) is 13.0 Å². The highest BCUT2D eigenvalue weighted by molar-refractivity contribution is 7.92. The number of nitrogens with one attached hydrogen (secondary N) is 1. The van der Waals surface area contributed by atoms with Gasteiger partial charge in [0.15, 0.2) is 9.84 Å². The van der Waals surface area contributed by atoms with Gasteiger partial charge in [-0.3, -0.25) is 0 Å². The predicted octanol–water partition coefficient (Wildman–Crippen LogP) is 2.39. The maximum absolute atomic E-state index is 12.5. The van der Waals surface area contributed by atoms with Crippen molar-refractivity contribution in [3.05, 3.63) is 28.8 Å². The molecular weight excluding hydrogens is 258 g/mol. The van der Waals surface area contributed by atoms with Crippen LogP contribution < -0.4 is 5.32 Å². The van der Waals surface area contributed by atoms with Crippen LogP contribution in [0.5, 0.6) is 0 Å². The van der Waals surface area contributed by atoms with Gasteiger partial charge >= 0.3 is 0 Å². The van der Waals surface area contributed by atoms with Crippen molar-refractivity contribution in [2.24, 2.45) is 0 Å². The number of fused-ring (bicyclic) bond motifs is 2. The fraction of sp³-hybridized carbons (Fsp3) is 0.600. The minimum absolute atomic E-state index is 0.185. The van der Waals surface area contributed by atoms with Crippen LogP contribution in [0.25, 0.3) is 0 Å². The fourth-order valence-electron chi connectivity index (χ4n) is 3.38. The van der Waals surface area contributed by atoms with E-state index in [9.17, 15) is 8.42 Å². The minimum atomic E-state index is -3.13. The molecular formula is C15H21NO2S. The Hall–Kier alpha value is -0.870. The van der Waals surface area contributed by atoms with Gasteiger partial charge in [-0.2, -0.15) is 0 Å². The first kappa shape index (κ1) is 13.1. The molecule has 3 nitrogen and oxygen atoms in total. The van der Waals surface area contributed by atoms with Gasteiger partial charge in [0.05, 0.1) is 10.1 Å². The highest BCUT2D eigenvalue weighted by Crippen LogP contribution is 2.39. The molecule has 4 heteroatoms. The third kappa shape index (κ3) is 2.01. The first-order chi connectivity index (χ1) is 9.04. The van der Waals surface area contributed by atoms with Crippen LogP contribution in [-0.4, -0.2) is 20.2 Å². The molecule has 1 aromatic rings. The van der Waals surface area contributed by atoms with Crippen molar-refractivity contribution >= 4 is 9.84 Å². The van der Waals surface area contributed by atoms with E-state index in [0.717, 1.165) is 31.4 Å². The second kappa shape index (κ2) is 4.60. The molecule has 1 aliphatic carbocycles. The summed E-state index contributed by atoms with van der Waals surface area (Å²) in [5.41, 5.74) is 3.60. The molecule has 0 radical (unpaired) electrons. The summed E-state index contributed by atoms with van der Waals surface area (Å²) in [5.74, 6) is 0. The quantitative estimate of drug-likeness (QED) is 0.904. The van der Waals surface area contributed by atoms with Crippen LogP contribution >= 0.6 is 0 Å². The highest BCUT2D eigenvalue weighted by Gasteiger charge is 2.36. The first-order valence-electron chi connectivity index (χ1n) is 7.17. The predicted molar refractivity (Wildman–Crippen MR) is 76.1 cm³/mol. The van der Waals surface area contributed by atoms with Gasteiger partial charge in [0.25, 0.3) is 0 Å². The lowest BCUT2D eigenvalue weighted by Gasteiger charge is -2.31. The largest absolute Gasteiger partial charge is 0.310 e. The van der Waals surface area contributed by atoms with Crippen molar-refractivity contribution in [2.75, 3.05) is 6.54 Å². The van der Waals surface area contributed by atoms with Crippen LogP contribution in [0.4, 0.5) is 0 Å². The maximum Gasteiger partial charge on any atom is 0.181 e.